The van der Waals surface area contributed by atoms with Crippen molar-refractivity contribution in [2.45, 2.75) is 315 Å². The molecule has 0 aliphatic carbocycles. The summed E-state index contributed by atoms with van der Waals surface area (Å²) in [5.74, 6) is -0.496. The summed E-state index contributed by atoms with van der Waals surface area (Å²) >= 11 is 0. The number of hydrogen-bond acceptors (Lipinski definition) is 4. The van der Waals surface area contributed by atoms with Gasteiger partial charge in [0.05, 0.1) is 18.8 Å². The fourth-order valence-electron chi connectivity index (χ4n) is 8.48. The molecule has 0 fully saturated rings. The molecule has 0 spiro atoms. The van der Waals surface area contributed by atoms with Gasteiger partial charge >= 0.3 is 0 Å². The fourth-order valence-corrected chi connectivity index (χ4v) is 8.48. The summed E-state index contributed by atoms with van der Waals surface area (Å²) in [6.07, 6.45) is 59.9. The van der Waals surface area contributed by atoms with E-state index in [4.69, 9.17) is 0 Å². The van der Waals surface area contributed by atoms with Gasteiger partial charge in [-0.25, -0.2) is 0 Å². The number of rotatable bonds is 49. The Morgan fingerprint density at radius 3 is 0.948 bits per heavy atom. The lowest BCUT2D eigenvalue weighted by atomic mass is 10.0. The standard InChI is InChI=1S/C53H105NO4/c1-3-5-7-9-11-13-15-17-19-21-23-24-25-26-27-28-29-30-32-34-36-38-40-42-44-46-48-52(57)53(58)54-50(49-55)51(56)47-45-43-41-39-37-35-33-31-22-20-18-16-14-12-10-8-6-4-2/h45,47,50-52,55-57H,3-44,46,48-49H2,1-2H3,(H,54,58)/b47-45+. The van der Waals surface area contributed by atoms with Crippen LogP contribution in [-0.4, -0.2) is 46.1 Å². The average Bonchev–Trinajstić information content (AvgIpc) is 3.23. The van der Waals surface area contributed by atoms with Gasteiger partial charge in [0.25, 0.3) is 0 Å². The molecule has 346 valence electrons. The van der Waals surface area contributed by atoms with Crippen molar-refractivity contribution in [2.75, 3.05) is 6.61 Å². The van der Waals surface area contributed by atoms with E-state index >= 15 is 0 Å². The first-order chi connectivity index (χ1) is 28.6. The van der Waals surface area contributed by atoms with Gasteiger partial charge in [-0.15, -0.1) is 0 Å². The maximum absolute atomic E-state index is 12.5. The summed E-state index contributed by atoms with van der Waals surface area (Å²) in [5, 5.41) is 33.3. The molecule has 0 saturated heterocycles. The van der Waals surface area contributed by atoms with Gasteiger partial charge in [0.1, 0.15) is 6.10 Å². The van der Waals surface area contributed by atoms with E-state index in [-0.39, 0.29) is 6.61 Å². The summed E-state index contributed by atoms with van der Waals surface area (Å²) in [5.41, 5.74) is 0. The lowest BCUT2D eigenvalue weighted by Gasteiger charge is -2.21. The number of aliphatic hydroxyl groups excluding tert-OH is 3. The minimum absolute atomic E-state index is 0.359. The van der Waals surface area contributed by atoms with Gasteiger partial charge in [-0.05, 0) is 19.3 Å². The molecule has 0 heterocycles. The topological polar surface area (TPSA) is 89.8 Å². The van der Waals surface area contributed by atoms with Crippen molar-refractivity contribution >= 4 is 5.91 Å². The Morgan fingerprint density at radius 1 is 0.414 bits per heavy atom. The Balaban J connectivity index is 3.54. The average molecular weight is 820 g/mol. The van der Waals surface area contributed by atoms with Crippen molar-refractivity contribution < 1.29 is 20.1 Å². The van der Waals surface area contributed by atoms with Crippen LogP contribution in [0.15, 0.2) is 12.2 Å². The predicted octanol–water partition coefficient (Wildman–Crippen LogP) is 15.9. The third-order valence-corrected chi connectivity index (χ3v) is 12.6. The highest BCUT2D eigenvalue weighted by Gasteiger charge is 2.22. The van der Waals surface area contributed by atoms with Crippen molar-refractivity contribution in [3.63, 3.8) is 0 Å². The Hall–Kier alpha value is -0.910. The summed E-state index contributed by atoms with van der Waals surface area (Å²) < 4.78 is 0. The third-order valence-electron chi connectivity index (χ3n) is 12.6. The SMILES string of the molecule is CCCCCCCCCCCCCCCCCC/C=C/C(O)C(CO)NC(=O)C(O)CCCCCCCCCCCCCCCCCCCCCCCCCCCC. The van der Waals surface area contributed by atoms with Crippen molar-refractivity contribution in [2.24, 2.45) is 0 Å². The number of allylic oxidation sites excluding steroid dienone is 1. The molecule has 1 amide bonds. The van der Waals surface area contributed by atoms with Gasteiger partial charge in [-0.3, -0.25) is 4.79 Å². The summed E-state index contributed by atoms with van der Waals surface area (Å²) in [6, 6.07) is -0.793. The number of carbonyl (C=O) groups is 1. The van der Waals surface area contributed by atoms with Crippen LogP contribution in [0.4, 0.5) is 0 Å². The highest BCUT2D eigenvalue weighted by atomic mass is 16.3. The van der Waals surface area contributed by atoms with Gasteiger partial charge in [-0.1, -0.05) is 289 Å². The van der Waals surface area contributed by atoms with Crippen LogP contribution in [0.2, 0.25) is 0 Å². The second-order valence-corrected chi connectivity index (χ2v) is 18.5. The van der Waals surface area contributed by atoms with Gasteiger partial charge in [0, 0.05) is 0 Å². The first kappa shape index (κ1) is 57.1. The van der Waals surface area contributed by atoms with Crippen LogP contribution in [0.5, 0.6) is 0 Å². The van der Waals surface area contributed by atoms with E-state index in [1.165, 1.54) is 244 Å². The molecule has 5 heteroatoms. The van der Waals surface area contributed by atoms with Crippen LogP contribution in [0.1, 0.15) is 296 Å². The Bertz CT molecular complexity index is 818. The largest absolute Gasteiger partial charge is 0.394 e. The van der Waals surface area contributed by atoms with E-state index < -0.39 is 24.2 Å². The minimum atomic E-state index is -1.09. The first-order valence-electron chi connectivity index (χ1n) is 26.5. The zero-order valence-electron chi connectivity index (χ0n) is 39.5. The van der Waals surface area contributed by atoms with E-state index in [1.807, 2.05) is 6.08 Å². The van der Waals surface area contributed by atoms with Gasteiger partial charge < -0.3 is 20.6 Å². The molecule has 0 saturated carbocycles. The maximum Gasteiger partial charge on any atom is 0.249 e. The molecule has 0 aromatic carbocycles. The van der Waals surface area contributed by atoms with Crippen molar-refractivity contribution in [1.82, 2.24) is 5.32 Å². The highest BCUT2D eigenvalue weighted by Crippen LogP contribution is 2.18. The normalized spacial score (nSPS) is 13.4. The van der Waals surface area contributed by atoms with E-state index in [0.29, 0.717) is 6.42 Å². The summed E-state index contributed by atoms with van der Waals surface area (Å²) in [4.78, 5) is 12.5. The monoisotopic (exact) mass is 820 g/mol. The first-order valence-corrected chi connectivity index (χ1v) is 26.5. The van der Waals surface area contributed by atoms with E-state index in [9.17, 15) is 20.1 Å². The minimum Gasteiger partial charge on any atom is -0.394 e. The Kier molecular flexibility index (Phi) is 48.0. The molecule has 0 rings (SSSR count). The van der Waals surface area contributed by atoms with E-state index in [1.54, 1.807) is 6.08 Å². The van der Waals surface area contributed by atoms with Crippen molar-refractivity contribution in [3.05, 3.63) is 12.2 Å². The molecular weight excluding hydrogens is 715 g/mol. The second kappa shape index (κ2) is 48.8. The number of carbonyl (C=O) groups excluding carboxylic acids is 1. The molecule has 0 aromatic rings. The molecule has 0 radical (unpaired) electrons. The smallest absolute Gasteiger partial charge is 0.249 e. The lowest BCUT2D eigenvalue weighted by Crippen LogP contribution is -2.48. The zero-order valence-corrected chi connectivity index (χ0v) is 39.5. The predicted molar refractivity (Wildman–Crippen MR) is 255 cm³/mol. The Labute approximate surface area is 363 Å². The molecule has 5 nitrogen and oxygen atoms in total. The molecule has 0 aliphatic heterocycles. The van der Waals surface area contributed by atoms with Crippen LogP contribution >= 0.6 is 0 Å². The molecule has 3 atom stereocenters. The van der Waals surface area contributed by atoms with Crippen LogP contribution in [0.3, 0.4) is 0 Å². The van der Waals surface area contributed by atoms with Gasteiger partial charge in [0.15, 0.2) is 0 Å². The van der Waals surface area contributed by atoms with E-state index in [2.05, 4.69) is 19.2 Å². The van der Waals surface area contributed by atoms with Gasteiger partial charge in [0.2, 0.25) is 5.91 Å². The zero-order chi connectivity index (χ0) is 42.3. The molecule has 0 aromatic heterocycles. The number of unbranched alkanes of at least 4 members (excludes halogenated alkanes) is 41. The molecule has 58 heavy (non-hydrogen) atoms. The third kappa shape index (κ3) is 43.2. The number of amides is 1. The second-order valence-electron chi connectivity index (χ2n) is 18.5. The van der Waals surface area contributed by atoms with E-state index in [0.717, 1.165) is 32.1 Å². The van der Waals surface area contributed by atoms with Crippen molar-refractivity contribution in [1.29, 1.82) is 0 Å². The number of aliphatic hydroxyl groups is 3. The van der Waals surface area contributed by atoms with Crippen LogP contribution in [0, 0.1) is 0 Å². The molecule has 0 aliphatic rings. The fraction of sp³-hybridized carbons (Fsp3) is 0.943. The highest BCUT2D eigenvalue weighted by molar-refractivity contribution is 5.80. The molecule has 4 N–H and O–H groups in total. The van der Waals surface area contributed by atoms with Gasteiger partial charge in [-0.2, -0.15) is 0 Å². The summed E-state index contributed by atoms with van der Waals surface area (Å²) in [6.45, 7) is 4.22. The lowest BCUT2D eigenvalue weighted by molar-refractivity contribution is -0.131. The maximum atomic E-state index is 12.5. The quantitative estimate of drug-likeness (QED) is 0.0364. The summed E-state index contributed by atoms with van der Waals surface area (Å²) in [7, 11) is 0. The van der Waals surface area contributed by atoms with Crippen molar-refractivity contribution in [3.8, 4) is 0 Å². The number of hydrogen-bond donors (Lipinski definition) is 4. The van der Waals surface area contributed by atoms with Crippen LogP contribution < -0.4 is 5.32 Å². The Morgan fingerprint density at radius 2 is 0.672 bits per heavy atom. The molecular formula is C53H105NO4. The molecule has 0 bridgehead atoms. The molecule has 3 unspecified atom stereocenters. The number of nitrogens with one attached hydrogen (secondary N) is 1. The van der Waals surface area contributed by atoms with Crippen LogP contribution in [-0.2, 0) is 4.79 Å². The van der Waals surface area contributed by atoms with Crippen LogP contribution in [0.25, 0.3) is 0 Å².